The van der Waals surface area contributed by atoms with Crippen molar-refractivity contribution in [2.75, 3.05) is 0 Å². The minimum atomic E-state index is 0.196. The summed E-state index contributed by atoms with van der Waals surface area (Å²) in [5.74, 6) is 0.196. The monoisotopic (exact) mass is 170 g/mol. The zero-order valence-electron chi connectivity index (χ0n) is 7.23. The second-order valence-corrected chi connectivity index (χ2v) is 3.11. The van der Waals surface area contributed by atoms with Crippen molar-refractivity contribution in [1.29, 1.82) is 0 Å². The average molecular weight is 170 g/mol. The lowest BCUT2D eigenvalue weighted by molar-refractivity contribution is -0.113. The smallest absolute Gasteiger partial charge is 0.160 e. The lowest BCUT2D eigenvalue weighted by Crippen LogP contribution is -1.84. The Hall–Kier alpha value is -1.63. The highest BCUT2D eigenvalue weighted by Gasteiger charge is 2.07. The molecule has 0 aliphatic heterocycles. The minimum Gasteiger partial charge on any atom is -0.294 e. The third-order valence-electron chi connectivity index (χ3n) is 2.01. The quantitative estimate of drug-likeness (QED) is 0.633. The second kappa shape index (κ2) is 3.40. The van der Waals surface area contributed by atoms with Crippen molar-refractivity contribution in [2.45, 2.75) is 6.42 Å². The predicted molar refractivity (Wildman–Crippen MR) is 53.2 cm³/mol. The van der Waals surface area contributed by atoms with Crippen molar-refractivity contribution < 1.29 is 4.79 Å². The van der Waals surface area contributed by atoms with Crippen molar-refractivity contribution in [1.82, 2.24) is 0 Å². The van der Waals surface area contributed by atoms with E-state index < -0.39 is 0 Å². The van der Waals surface area contributed by atoms with Crippen molar-refractivity contribution in [3.05, 3.63) is 53.6 Å². The van der Waals surface area contributed by atoms with Gasteiger partial charge in [0, 0.05) is 6.42 Å². The maximum Gasteiger partial charge on any atom is 0.160 e. The third-order valence-corrected chi connectivity index (χ3v) is 2.01. The van der Waals surface area contributed by atoms with E-state index in [0.29, 0.717) is 6.42 Å². The van der Waals surface area contributed by atoms with E-state index in [1.165, 1.54) is 0 Å². The van der Waals surface area contributed by atoms with E-state index in [2.05, 4.69) is 0 Å². The Kier molecular flexibility index (Phi) is 2.09. The zero-order valence-corrected chi connectivity index (χ0v) is 7.23. The van der Waals surface area contributed by atoms with Gasteiger partial charge in [0.1, 0.15) is 0 Å². The van der Waals surface area contributed by atoms with Crippen LogP contribution in [0.1, 0.15) is 12.0 Å². The summed E-state index contributed by atoms with van der Waals surface area (Å²) in [5.41, 5.74) is 2.24. The Bertz CT molecular complexity index is 371. The van der Waals surface area contributed by atoms with Crippen LogP contribution in [0.15, 0.2) is 48.1 Å². The summed E-state index contributed by atoms with van der Waals surface area (Å²) in [5, 5.41) is 0. The molecule has 0 amide bonds. The van der Waals surface area contributed by atoms with Crippen molar-refractivity contribution >= 4 is 11.9 Å². The number of allylic oxidation sites excluding steroid dienone is 3. The van der Waals surface area contributed by atoms with Crippen LogP contribution >= 0.6 is 0 Å². The molecule has 1 aliphatic carbocycles. The van der Waals surface area contributed by atoms with E-state index in [-0.39, 0.29) is 5.78 Å². The minimum absolute atomic E-state index is 0.196. The summed E-state index contributed by atoms with van der Waals surface area (Å²) in [6, 6.07) is 10.0. The van der Waals surface area contributed by atoms with Gasteiger partial charge >= 0.3 is 0 Å². The van der Waals surface area contributed by atoms with Crippen LogP contribution in [-0.4, -0.2) is 5.78 Å². The first-order valence-electron chi connectivity index (χ1n) is 4.31. The van der Waals surface area contributed by atoms with E-state index in [1.807, 2.05) is 42.5 Å². The molecule has 0 N–H and O–H groups in total. The molecule has 13 heavy (non-hydrogen) atoms. The first kappa shape index (κ1) is 7.99. The molecular weight excluding hydrogens is 160 g/mol. The van der Waals surface area contributed by atoms with Crippen LogP contribution in [0, 0.1) is 0 Å². The summed E-state index contributed by atoms with van der Waals surface area (Å²) in [7, 11) is 0. The Labute approximate surface area is 77.4 Å². The molecule has 0 spiro atoms. The van der Waals surface area contributed by atoms with Crippen LogP contribution in [-0.2, 0) is 4.79 Å². The summed E-state index contributed by atoms with van der Waals surface area (Å²) >= 11 is 0. The van der Waals surface area contributed by atoms with Gasteiger partial charge in [0.25, 0.3) is 0 Å². The normalized spacial score (nSPS) is 18.5. The number of carbonyl (C=O) groups excluding carboxylic acids is 1. The molecule has 1 heteroatoms. The van der Waals surface area contributed by atoms with Gasteiger partial charge in [-0.15, -0.1) is 0 Å². The number of hydrogen-bond acceptors (Lipinski definition) is 1. The molecule has 0 saturated heterocycles. The molecule has 1 aromatic rings. The molecule has 1 aromatic carbocycles. The standard InChI is InChI=1S/C12H10O/c13-12-7-6-11(9-12)8-10-4-2-1-3-5-10/h1-8H,9H2/b11-8+. The van der Waals surface area contributed by atoms with Gasteiger partial charge in [-0.2, -0.15) is 0 Å². The molecule has 0 unspecified atom stereocenters. The fourth-order valence-corrected chi connectivity index (χ4v) is 1.38. The summed E-state index contributed by atoms with van der Waals surface area (Å²) in [4.78, 5) is 10.9. The number of hydrogen-bond donors (Lipinski definition) is 0. The van der Waals surface area contributed by atoms with Crippen molar-refractivity contribution in [3.63, 3.8) is 0 Å². The van der Waals surface area contributed by atoms with Crippen LogP contribution < -0.4 is 0 Å². The topological polar surface area (TPSA) is 17.1 Å². The van der Waals surface area contributed by atoms with Crippen LogP contribution in [0.5, 0.6) is 0 Å². The molecule has 0 fully saturated rings. The predicted octanol–water partition coefficient (Wildman–Crippen LogP) is 2.60. The van der Waals surface area contributed by atoms with E-state index >= 15 is 0 Å². The molecule has 0 radical (unpaired) electrons. The van der Waals surface area contributed by atoms with Gasteiger partial charge in [-0.25, -0.2) is 0 Å². The van der Waals surface area contributed by atoms with E-state index in [9.17, 15) is 4.79 Å². The highest BCUT2D eigenvalue weighted by atomic mass is 16.1. The Morgan fingerprint density at radius 1 is 1.08 bits per heavy atom. The zero-order chi connectivity index (χ0) is 9.10. The van der Waals surface area contributed by atoms with Crippen LogP contribution in [0.25, 0.3) is 6.08 Å². The van der Waals surface area contributed by atoms with Gasteiger partial charge in [0.15, 0.2) is 5.78 Å². The lowest BCUT2D eigenvalue weighted by atomic mass is 10.1. The van der Waals surface area contributed by atoms with Gasteiger partial charge in [-0.3, -0.25) is 4.79 Å². The van der Waals surface area contributed by atoms with Gasteiger partial charge in [-0.1, -0.05) is 42.5 Å². The van der Waals surface area contributed by atoms with Gasteiger partial charge < -0.3 is 0 Å². The first-order valence-corrected chi connectivity index (χ1v) is 4.31. The third kappa shape index (κ3) is 1.94. The Morgan fingerprint density at radius 2 is 1.85 bits per heavy atom. The number of carbonyl (C=O) groups is 1. The summed E-state index contributed by atoms with van der Waals surface area (Å²) in [6.07, 6.45) is 6.11. The highest BCUT2D eigenvalue weighted by Crippen LogP contribution is 2.16. The molecule has 0 aromatic heterocycles. The van der Waals surface area contributed by atoms with Gasteiger partial charge in [0.2, 0.25) is 0 Å². The molecule has 64 valence electrons. The van der Waals surface area contributed by atoms with Crippen molar-refractivity contribution in [3.8, 4) is 0 Å². The van der Waals surface area contributed by atoms with E-state index in [1.54, 1.807) is 6.08 Å². The number of benzene rings is 1. The second-order valence-electron chi connectivity index (χ2n) is 3.11. The Balaban J connectivity index is 2.23. The maximum absolute atomic E-state index is 10.9. The number of rotatable bonds is 1. The average Bonchev–Trinajstić information content (AvgIpc) is 2.53. The van der Waals surface area contributed by atoms with Crippen LogP contribution in [0.3, 0.4) is 0 Å². The van der Waals surface area contributed by atoms with E-state index in [4.69, 9.17) is 0 Å². The van der Waals surface area contributed by atoms with Gasteiger partial charge in [0.05, 0.1) is 0 Å². The fraction of sp³-hybridized carbons (Fsp3) is 0.0833. The molecule has 0 atom stereocenters. The van der Waals surface area contributed by atoms with Crippen LogP contribution in [0.4, 0.5) is 0 Å². The van der Waals surface area contributed by atoms with Crippen molar-refractivity contribution in [2.24, 2.45) is 0 Å². The Morgan fingerprint density at radius 3 is 2.46 bits per heavy atom. The molecule has 0 bridgehead atoms. The molecular formula is C12H10O. The molecule has 1 aliphatic rings. The molecule has 1 nitrogen and oxygen atoms in total. The SMILES string of the molecule is O=C1C=C/C(=C\c2ccccc2)C1. The largest absolute Gasteiger partial charge is 0.294 e. The van der Waals surface area contributed by atoms with E-state index in [0.717, 1.165) is 11.1 Å². The van der Waals surface area contributed by atoms with Crippen LogP contribution in [0.2, 0.25) is 0 Å². The summed E-state index contributed by atoms with van der Waals surface area (Å²) in [6.45, 7) is 0. The highest BCUT2D eigenvalue weighted by molar-refractivity contribution is 5.97. The molecule has 2 rings (SSSR count). The van der Waals surface area contributed by atoms with Gasteiger partial charge in [-0.05, 0) is 17.2 Å². The maximum atomic E-state index is 10.9. The lowest BCUT2D eigenvalue weighted by Gasteiger charge is -1.93. The number of ketones is 1. The molecule has 0 heterocycles. The first-order chi connectivity index (χ1) is 6.34. The molecule has 0 saturated carbocycles. The summed E-state index contributed by atoms with van der Waals surface area (Å²) < 4.78 is 0. The fourth-order valence-electron chi connectivity index (χ4n) is 1.38.